The third-order valence-electron chi connectivity index (χ3n) is 10.6. The Bertz CT molecular complexity index is 994. The summed E-state index contributed by atoms with van der Waals surface area (Å²) in [5, 5.41) is 16.9. The van der Waals surface area contributed by atoms with Crippen molar-refractivity contribution < 1.29 is 24.3 Å². The summed E-state index contributed by atoms with van der Waals surface area (Å²) in [4.78, 5) is 29.0. The van der Waals surface area contributed by atoms with Crippen LogP contribution in [0, 0.1) is 34.0 Å². The van der Waals surface area contributed by atoms with Crippen molar-refractivity contribution >= 4 is 17.7 Å². The van der Waals surface area contributed by atoms with Crippen LogP contribution in [0.4, 0.5) is 0 Å². The van der Waals surface area contributed by atoms with Gasteiger partial charge in [0.25, 0.3) is 0 Å². The lowest BCUT2D eigenvalue weighted by Crippen LogP contribution is -2.54. The second kappa shape index (κ2) is 9.30. The zero-order valence-corrected chi connectivity index (χ0v) is 22.2. The molecule has 2 N–H and O–H groups in total. The number of hydrogen-bond acceptors (Lipinski definition) is 6. The monoisotopic (exact) mass is 498 g/mol. The number of carboxylic acid groups (broad SMARTS) is 1. The number of hydrogen-bond donors (Lipinski definition) is 2. The predicted molar refractivity (Wildman–Crippen MR) is 137 cm³/mol. The average Bonchev–Trinajstić information content (AvgIpc) is 3.45. The molecule has 0 bridgehead atoms. The van der Waals surface area contributed by atoms with Crippen molar-refractivity contribution in [3.8, 4) is 0 Å². The van der Waals surface area contributed by atoms with E-state index in [0.717, 1.165) is 76.6 Å². The summed E-state index contributed by atoms with van der Waals surface area (Å²) in [5.41, 5.74) is 2.72. The molecular formula is C29H42N2O5. The Labute approximate surface area is 214 Å². The number of allylic oxidation sites excluding steroid dienone is 2. The molecule has 3 saturated carbocycles. The van der Waals surface area contributed by atoms with Crippen molar-refractivity contribution in [2.24, 2.45) is 39.2 Å². The number of carboxylic acids is 1. The molecule has 0 amide bonds. The summed E-state index contributed by atoms with van der Waals surface area (Å²) in [6, 6.07) is 0. The number of fused-ring (bicyclic) bond motifs is 5. The molecule has 36 heavy (non-hydrogen) atoms. The Morgan fingerprint density at radius 3 is 2.61 bits per heavy atom. The smallest absolute Gasteiger partial charge is 0.331 e. The minimum Gasteiger partial charge on any atom is -0.478 e. The number of nitrogens with one attached hydrogen (secondary N) is 1. The van der Waals surface area contributed by atoms with Gasteiger partial charge in [-0.2, -0.15) is 0 Å². The molecule has 7 atom stereocenters. The van der Waals surface area contributed by atoms with Crippen molar-refractivity contribution in [2.45, 2.75) is 91.3 Å². The van der Waals surface area contributed by atoms with Gasteiger partial charge in [-0.1, -0.05) is 44.5 Å². The first-order valence-corrected chi connectivity index (χ1v) is 13.8. The molecule has 0 aromatic heterocycles. The number of oxime groups is 1. The van der Waals surface area contributed by atoms with Crippen molar-refractivity contribution in [1.29, 1.82) is 0 Å². The number of aliphatic carboxylic acids is 1. The largest absolute Gasteiger partial charge is 0.478 e. The fraction of sp³-hybridized carbons (Fsp3) is 0.759. The number of carbonyl (C=O) groups is 2. The van der Waals surface area contributed by atoms with Gasteiger partial charge in [-0.15, -0.1) is 0 Å². The van der Waals surface area contributed by atoms with Crippen LogP contribution in [0.2, 0.25) is 0 Å². The van der Waals surface area contributed by atoms with Crippen LogP contribution in [-0.2, 0) is 19.2 Å². The van der Waals surface area contributed by atoms with Gasteiger partial charge in [0.15, 0.2) is 0 Å². The number of carbonyl (C=O) groups excluding carboxylic acids is 1. The first-order chi connectivity index (χ1) is 17.1. The maximum Gasteiger partial charge on any atom is 0.331 e. The highest BCUT2D eigenvalue weighted by molar-refractivity contribution is 5.93. The molecule has 0 spiro atoms. The Morgan fingerprint density at radius 1 is 1.08 bits per heavy atom. The van der Waals surface area contributed by atoms with E-state index in [1.165, 1.54) is 11.3 Å². The first-order valence-electron chi connectivity index (χ1n) is 13.8. The lowest BCUT2D eigenvalue weighted by atomic mass is 9.45. The highest BCUT2D eigenvalue weighted by Crippen LogP contribution is 2.67. The molecule has 1 saturated heterocycles. The van der Waals surface area contributed by atoms with Gasteiger partial charge in [0.05, 0.1) is 5.71 Å². The van der Waals surface area contributed by atoms with E-state index in [2.05, 4.69) is 39.1 Å². The van der Waals surface area contributed by atoms with Crippen LogP contribution in [-0.4, -0.2) is 48.1 Å². The summed E-state index contributed by atoms with van der Waals surface area (Å²) < 4.78 is 5.82. The fourth-order valence-corrected chi connectivity index (χ4v) is 8.71. The van der Waals surface area contributed by atoms with Crippen molar-refractivity contribution in [2.75, 3.05) is 13.1 Å². The van der Waals surface area contributed by atoms with Crippen molar-refractivity contribution in [3.05, 3.63) is 23.8 Å². The molecule has 0 aromatic rings. The van der Waals surface area contributed by atoms with E-state index >= 15 is 0 Å². The molecule has 4 aliphatic carbocycles. The Balaban J connectivity index is 1.34. The highest BCUT2D eigenvalue weighted by atomic mass is 16.6. The summed E-state index contributed by atoms with van der Waals surface area (Å²) in [7, 11) is 0. The van der Waals surface area contributed by atoms with Gasteiger partial charge >= 0.3 is 11.9 Å². The van der Waals surface area contributed by atoms with E-state index in [1.54, 1.807) is 0 Å². The van der Waals surface area contributed by atoms with E-state index in [1.807, 2.05) is 0 Å². The van der Waals surface area contributed by atoms with Gasteiger partial charge in [0.1, 0.15) is 12.2 Å². The second-order valence-corrected chi connectivity index (χ2v) is 12.7. The summed E-state index contributed by atoms with van der Waals surface area (Å²) in [5.74, 6) is 0.0550. The van der Waals surface area contributed by atoms with Crippen LogP contribution >= 0.6 is 0 Å². The molecule has 1 aliphatic heterocycles. The van der Waals surface area contributed by atoms with Gasteiger partial charge in [0, 0.05) is 35.9 Å². The fourth-order valence-electron chi connectivity index (χ4n) is 8.71. The standard InChI is InChI=1S/C29H42N2O5/c1-27(2)22-7-5-19-20-6-8-24(35-26(34)10-9-25(32)33)29(20,4)14-11-21(19)28(22,3)15-12-23(27)31-36-18-13-16-30-17-18/h7,9-10,18-21,24,30H,5-6,8,11-17H2,1-4H3,(H,32,33)/b10-9+,31-23+/t18-,19+,20+,21+,24+,28-,29+/m1/s1. The van der Waals surface area contributed by atoms with E-state index in [4.69, 9.17) is 19.8 Å². The highest BCUT2D eigenvalue weighted by Gasteiger charge is 2.61. The first kappa shape index (κ1) is 25.5. The van der Waals surface area contributed by atoms with Crippen LogP contribution in [0.25, 0.3) is 0 Å². The molecule has 7 heteroatoms. The molecule has 0 radical (unpaired) electrons. The van der Waals surface area contributed by atoms with E-state index in [9.17, 15) is 9.59 Å². The molecule has 4 fully saturated rings. The Hall–Kier alpha value is -2.15. The van der Waals surface area contributed by atoms with Gasteiger partial charge in [-0.05, 0) is 74.7 Å². The topological polar surface area (TPSA) is 97.2 Å². The summed E-state index contributed by atoms with van der Waals surface area (Å²) in [6.45, 7) is 11.3. The molecule has 7 nitrogen and oxygen atoms in total. The lowest BCUT2D eigenvalue weighted by Gasteiger charge is -2.60. The maximum absolute atomic E-state index is 12.3. The van der Waals surface area contributed by atoms with E-state index < -0.39 is 11.9 Å². The van der Waals surface area contributed by atoms with Gasteiger partial charge < -0.3 is 20.0 Å². The predicted octanol–water partition coefficient (Wildman–Crippen LogP) is 4.87. The van der Waals surface area contributed by atoms with Crippen molar-refractivity contribution in [3.63, 3.8) is 0 Å². The minimum absolute atomic E-state index is 0.0461. The van der Waals surface area contributed by atoms with Crippen LogP contribution in [0.15, 0.2) is 29.0 Å². The van der Waals surface area contributed by atoms with Gasteiger partial charge in [0.2, 0.25) is 0 Å². The summed E-state index contributed by atoms with van der Waals surface area (Å²) >= 11 is 0. The van der Waals surface area contributed by atoms with Crippen LogP contribution in [0.3, 0.4) is 0 Å². The van der Waals surface area contributed by atoms with Gasteiger partial charge in [-0.25, -0.2) is 9.59 Å². The second-order valence-electron chi connectivity index (χ2n) is 12.7. The normalized spacial score (nSPS) is 42.4. The third-order valence-corrected chi connectivity index (χ3v) is 10.6. The molecule has 5 aliphatic rings. The summed E-state index contributed by atoms with van der Waals surface area (Å²) in [6.07, 6.45) is 12.7. The lowest BCUT2D eigenvalue weighted by molar-refractivity contribution is -0.153. The number of rotatable bonds is 5. The molecular weight excluding hydrogens is 456 g/mol. The van der Waals surface area contributed by atoms with Crippen LogP contribution in [0.5, 0.6) is 0 Å². The van der Waals surface area contributed by atoms with E-state index in [0.29, 0.717) is 17.8 Å². The quantitative estimate of drug-likeness (QED) is 0.243. The Kier molecular flexibility index (Phi) is 6.59. The average molecular weight is 499 g/mol. The SMILES string of the molecule is CC1(C)C2=CC[C@H]3[C@@H]4CC[C@H](OC(=O)/C=C/C(=O)O)[C@@]4(C)CC[C@@H]3[C@@]2(C)CC/C1=N\O[C@@H]1CCNC1. The number of ether oxygens (including phenoxy) is 1. The van der Waals surface area contributed by atoms with E-state index in [-0.39, 0.29) is 28.5 Å². The minimum atomic E-state index is -1.13. The zero-order chi connectivity index (χ0) is 25.7. The van der Waals surface area contributed by atoms with Crippen molar-refractivity contribution in [1.82, 2.24) is 5.32 Å². The third kappa shape index (κ3) is 4.21. The van der Waals surface area contributed by atoms with Gasteiger partial charge in [-0.3, -0.25) is 0 Å². The molecule has 0 unspecified atom stereocenters. The maximum atomic E-state index is 12.3. The molecule has 198 valence electrons. The number of nitrogens with zero attached hydrogens (tertiary/aromatic N) is 1. The zero-order valence-electron chi connectivity index (χ0n) is 22.2. The Morgan fingerprint density at radius 2 is 1.89 bits per heavy atom. The van der Waals surface area contributed by atoms with Crippen LogP contribution in [0.1, 0.15) is 79.1 Å². The molecule has 5 rings (SSSR count). The molecule has 1 heterocycles. The number of esters is 1. The van der Waals surface area contributed by atoms with Crippen LogP contribution < -0.4 is 5.32 Å². The molecule has 0 aromatic carbocycles.